The van der Waals surface area contributed by atoms with E-state index in [9.17, 15) is 19.8 Å². The highest BCUT2D eigenvalue weighted by molar-refractivity contribution is 5.83. The van der Waals surface area contributed by atoms with Crippen molar-refractivity contribution >= 4 is 11.9 Å². The molecular formula is C14H20O6. The summed E-state index contributed by atoms with van der Waals surface area (Å²) in [6.45, 7) is 3.21. The summed E-state index contributed by atoms with van der Waals surface area (Å²) in [6.07, 6.45) is 2.48. The van der Waals surface area contributed by atoms with Gasteiger partial charge in [-0.1, -0.05) is 0 Å². The van der Waals surface area contributed by atoms with Crippen LogP contribution in [-0.4, -0.2) is 46.6 Å². The van der Waals surface area contributed by atoms with Crippen LogP contribution in [0.1, 0.15) is 26.7 Å². The van der Waals surface area contributed by atoms with Crippen LogP contribution < -0.4 is 0 Å². The highest BCUT2D eigenvalue weighted by atomic mass is 16.6. The van der Waals surface area contributed by atoms with Crippen LogP contribution in [0.25, 0.3) is 0 Å². The SMILES string of the molecule is CC1CCC(O)/C=C/C(=O)OC(C)C(O)/C=C/C(=O)O1. The van der Waals surface area contributed by atoms with Crippen LogP contribution >= 0.6 is 0 Å². The molecule has 0 radical (unpaired) electrons. The van der Waals surface area contributed by atoms with Gasteiger partial charge in [-0.3, -0.25) is 0 Å². The van der Waals surface area contributed by atoms with Crippen molar-refractivity contribution in [2.24, 2.45) is 0 Å². The topological polar surface area (TPSA) is 93.1 Å². The summed E-state index contributed by atoms with van der Waals surface area (Å²) in [5.41, 5.74) is 0. The minimum absolute atomic E-state index is 0.361. The van der Waals surface area contributed by atoms with Crippen LogP contribution in [0.15, 0.2) is 24.3 Å². The van der Waals surface area contributed by atoms with Crippen molar-refractivity contribution < 1.29 is 29.3 Å². The standard InChI is InChI=1S/C14H20O6/c1-9-3-4-11(15)5-7-14(18)20-10(2)12(16)6-8-13(17)19-9/h5-12,15-16H,3-4H2,1-2H3/b7-5+,8-6+. The van der Waals surface area contributed by atoms with Gasteiger partial charge in [-0.2, -0.15) is 0 Å². The van der Waals surface area contributed by atoms with E-state index < -0.39 is 30.3 Å². The third-order valence-corrected chi connectivity index (χ3v) is 2.85. The van der Waals surface area contributed by atoms with Crippen molar-refractivity contribution in [2.75, 3.05) is 0 Å². The Kier molecular flexibility index (Phi) is 6.41. The number of aliphatic hydroxyl groups is 2. The number of aliphatic hydroxyl groups excluding tert-OH is 2. The second kappa shape index (κ2) is 7.81. The lowest BCUT2D eigenvalue weighted by molar-refractivity contribution is -0.146. The molecule has 112 valence electrons. The van der Waals surface area contributed by atoms with Crippen molar-refractivity contribution in [3.8, 4) is 0 Å². The molecule has 0 aromatic heterocycles. The minimum atomic E-state index is -1.11. The minimum Gasteiger partial charge on any atom is -0.460 e. The summed E-state index contributed by atoms with van der Waals surface area (Å²) < 4.78 is 9.99. The molecule has 0 aromatic carbocycles. The van der Waals surface area contributed by atoms with Crippen LogP contribution in [0.4, 0.5) is 0 Å². The lowest BCUT2D eigenvalue weighted by Crippen LogP contribution is -2.27. The van der Waals surface area contributed by atoms with Gasteiger partial charge in [-0.25, -0.2) is 9.59 Å². The summed E-state index contributed by atoms with van der Waals surface area (Å²) in [6, 6.07) is 0. The van der Waals surface area contributed by atoms with Gasteiger partial charge < -0.3 is 19.7 Å². The normalized spacial score (nSPS) is 36.4. The average molecular weight is 284 g/mol. The fourth-order valence-electron chi connectivity index (χ4n) is 1.61. The molecule has 0 bridgehead atoms. The van der Waals surface area contributed by atoms with E-state index in [2.05, 4.69) is 0 Å². The molecule has 1 heterocycles. The number of esters is 2. The number of carbonyl (C=O) groups is 2. The van der Waals surface area contributed by atoms with Crippen LogP contribution in [-0.2, 0) is 19.1 Å². The number of hydrogen-bond donors (Lipinski definition) is 2. The summed E-state index contributed by atoms with van der Waals surface area (Å²) in [7, 11) is 0. The van der Waals surface area contributed by atoms with Crippen LogP contribution in [0, 0.1) is 0 Å². The summed E-state index contributed by atoms with van der Waals surface area (Å²) in [5, 5.41) is 19.3. The zero-order valence-corrected chi connectivity index (χ0v) is 11.6. The Labute approximate surface area is 117 Å². The lowest BCUT2D eigenvalue weighted by atomic mass is 10.1. The van der Waals surface area contributed by atoms with E-state index in [1.807, 2.05) is 0 Å². The van der Waals surface area contributed by atoms with Gasteiger partial charge in [0, 0.05) is 12.2 Å². The predicted molar refractivity (Wildman–Crippen MR) is 70.6 cm³/mol. The van der Waals surface area contributed by atoms with Crippen molar-refractivity contribution in [1.82, 2.24) is 0 Å². The molecule has 20 heavy (non-hydrogen) atoms. The van der Waals surface area contributed by atoms with Crippen molar-refractivity contribution in [3.63, 3.8) is 0 Å². The van der Waals surface area contributed by atoms with E-state index in [1.165, 1.54) is 19.1 Å². The van der Waals surface area contributed by atoms with Gasteiger partial charge in [0.2, 0.25) is 0 Å². The van der Waals surface area contributed by atoms with Gasteiger partial charge >= 0.3 is 11.9 Å². The Morgan fingerprint density at radius 2 is 1.60 bits per heavy atom. The Morgan fingerprint density at radius 3 is 2.30 bits per heavy atom. The Balaban J connectivity index is 2.79. The summed E-state index contributed by atoms with van der Waals surface area (Å²) in [5.74, 6) is -1.24. The van der Waals surface area contributed by atoms with Gasteiger partial charge in [-0.05, 0) is 38.8 Å². The van der Waals surface area contributed by atoms with Crippen molar-refractivity contribution in [1.29, 1.82) is 0 Å². The molecule has 2 N–H and O–H groups in total. The van der Waals surface area contributed by atoms with E-state index in [4.69, 9.17) is 9.47 Å². The predicted octanol–water partition coefficient (Wildman–Crippen LogP) is 0.478. The largest absolute Gasteiger partial charge is 0.460 e. The smallest absolute Gasteiger partial charge is 0.330 e. The fraction of sp³-hybridized carbons (Fsp3) is 0.571. The molecule has 1 aliphatic heterocycles. The van der Waals surface area contributed by atoms with E-state index >= 15 is 0 Å². The molecule has 4 unspecified atom stereocenters. The maximum absolute atomic E-state index is 11.5. The molecule has 1 rings (SSSR count). The lowest BCUT2D eigenvalue weighted by Gasteiger charge is -2.17. The first-order chi connectivity index (χ1) is 9.38. The second-order valence-corrected chi connectivity index (χ2v) is 4.74. The average Bonchev–Trinajstić information content (AvgIpc) is 2.39. The van der Waals surface area contributed by atoms with E-state index in [0.29, 0.717) is 12.8 Å². The van der Waals surface area contributed by atoms with Crippen LogP contribution in [0.5, 0.6) is 0 Å². The number of cyclic esters (lactones) is 2. The highest BCUT2D eigenvalue weighted by Gasteiger charge is 2.17. The van der Waals surface area contributed by atoms with E-state index in [1.54, 1.807) is 6.92 Å². The molecule has 6 nitrogen and oxygen atoms in total. The molecular weight excluding hydrogens is 264 g/mol. The van der Waals surface area contributed by atoms with Gasteiger partial charge in [0.25, 0.3) is 0 Å². The van der Waals surface area contributed by atoms with Crippen LogP contribution in [0.2, 0.25) is 0 Å². The van der Waals surface area contributed by atoms with Crippen LogP contribution in [0.3, 0.4) is 0 Å². The van der Waals surface area contributed by atoms with Gasteiger partial charge in [-0.15, -0.1) is 0 Å². The van der Waals surface area contributed by atoms with E-state index in [-0.39, 0.29) is 6.10 Å². The molecule has 4 atom stereocenters. The number of rotatable bonds is 0. The fourth-order valence-corrected chi connectivity index (χ4v) is 1.61. The van der Waals surface area contributed by atoms with E-state index in [0.717, 1.165) is 12.2 Å². The number of carbonyl (C=O) groups excluding carboxylic acids is 2. The van der Waals surface area contributed by atoms with Gasteiger partial charge in [0.05, 0.1) is 12.2 Å². The molecule has 1 aliphatic rings. The Hall–Kier alpha value is -1.66. The Morgan fingerprint density at radius 1 is 1.00 bits per heavy atom. The third-order valence-electron chi connectivity index (χ3n) is 2.85. The quantitative estimate of drug-likeness (QED) is 0.628. The maximum Gasteiger partial charge on any atom is 0.330 e. The first-order valence-corrected chi connectivity index (χ1v) is 6.52. The first-order valence-electron chi connectivity index (χ1n) is 6.52. The summed E-state index contributed by atoms with van der Waals surface area (Å²) in [4.78, 5) is 22.9. The summed E-state index contributed by atoms with van der Waals surface area (Å²) >= 11 is 0. The molecule has 0 saturated heterocycles. The third kappa shape index (κ3) is 5.99. The maximum atomic E-state index is 11.5. The number of hydrogen-bond acceptors (Lipinski definition) is 6. The highest BCUT2D eigenvalue weighted by Crippen LogP contribution is 2.09. The second-order valence-electron chi connectivity index (χ2n) is 4.74. The molecule has 0 aromatic rings. The van der Waals surface area contributed by atoms with Crippen molar-refractivity contribution in [3.05, 3.63) is 24.3 Å². The molecule has 0 aliphatic carbocycles. The molecule has 0 spiro atoms. The van der Waals surface area contributed by atoms with Gasteiger partial charge in [0.15, 0.2) is 0 Å². The first kappa shape index (κ1) is 16.4. The monoisotopic (exact) mass is 284 g/mol. The number of ether oxygens (including phenoxy) is 2. The Bertz CT molecular complexity index is 400. The molecule has 6 heteroatoms. The zero-order chi connectivity index (χ0) is 15.1. The zero-order valence-electron chi connectivity index (χ0n) is 11.6. The van der Waals surface area contributed by atoms with Gasteiger partial charge in [0.1, 0.15) is 12.2 Å². The van der Waals surface area contributed by atoms with Crippen molar-refractivity contribution in [2.45, 2.75) is 51.1 Å². The molecule has 0 saturated carbocycles. The molecule has 0 fully saturated rings. The molecule has 0 amide bonds.